The standard InChI is InChI=1S/C8H8O2.C5H8O2.2C2H6O2S.5CH4/c1-7(9)10-8-5-3-2-4-6-8;1-3-4-7-5(2)6;2*1-5(2,3)4;;;;;/h2-6H,1H3;3H,1,4H2,2H3;2*1-2H3;5*1H4. The van der Waals surface area contributed by atoms with E-state index in [-0.39, 0.29) is 49.1 Å². The van der Waals surface area contributed by atoms with Crippen LogP contribution in [0.15, 0.2) is 43.0 Å². The van der Waals surface area contributed by atoms with E-state index in [0.717, 1.165) is 25.0 Å². The van der Waals surface area contributed by atoms with E-state index in [2.05, 4.69) is 11.3 Å². The molecule has 0 amide bonds. The van der Waals surface area contributed by atoms with Gasteiger partial charge in [-0.25, -0.2) is 16.8 Å². The van der Waals surface area contributed by atoms with Gasteiger partial charge in [0.25, 0.3) is 0 Å². The number of hydrogen-bond donors (Lipinski definition) is 0. The van der Waals surface area contributed by atoms with Crippen molar-refractivity contribution in [2.45, 2.75) is 51.0 Å². The molecule has 1 rings (SSSR count). The van der Waals surface area contributed by atoms with Gasteiger partial charge in [0.2, 0.25) is 0 Å². The van der Waals surface area contributed by atoms with Crippen LogP contribution < -0.4 is 4.74 Å². The molecule has 0 aliphatic carbocycles. The normalized spacial score (nSPS) is 8.06. The molecule has 32 heavy (non-hydrogen) atoms. The van der Waals surface area contributed by atoms with Crippen molar-refractivity contribution < 1.29 is 35.9 Å². The molecule has 0 atom stereocenters. The van der Waals surface area contributed by atoms with Gasteiger partial charge in [0.1, 0.15) is 32.0 Å². The number of ether oxygens (including phenoxy) is 2. The lowest BCUT2D eigenvalue weighted by atomic mass is 10.3. The maximum Gasteiger partial charge on any atom is 0.308 e. The Morgan fingerprint density at radius 2 is 1.09 bits per heavy atom. The zero-order valence-corrected chi connectivity index (χ0v) is 18.1. The van der Waals surface area contributed by atoms with E-state index in [4.69, 9.17) is 4.74 Å². The van der Waals surface area contributed by atoms with Crippen molar-refractivity contribution in [1.29, 1.82) is 0 Å². The summed E-state index contributed by atoms with van der Waals surface area (Å²) in [6, 6.07) is 8.98. The molecular weight excluding hydrogens is 456 g/mol. The number of esters is 2. The van der Waals surface area contributed by atoms with Crippen molar-refractivity contribution in [1.82, 2.24) is 0 Å². The quantitative estimate of drug-likeness (QED) is 0.325. The first-order valence-electron chi connectivity index (χ1n) is 7.34. The minimum atomic E-state index is -2.67. The molecule has 0 saturated carbocycles. The number of rotatable bonds is 3. The molecule has 0 saturated heterocycles. The second-order valence-corrected chi connectivity index (χ2v) is 9.86. The summed E-state index contributed by atoms with van der Waals surface area (Å²) in [6.07, 6.45) is 6.17. The van der Waals surface area contributed by atoms with E-state index < -0.39 is 19.7 Å². The molecule has 1 aromatic carbocycles. The summed E-state index contributed by atoms with van der Waals surface area (Å²) in [7, 11) is -5.33. The highest BCUT2D eigenvalue weighted by Gasteiger charge is 1.93. The lowest BCUT2D eigenvalue weighted by Crippen LogP contribution is -2.00. The van der Waals surface area contributed by atoms with Crippen LogP contribution >= 0.6 is 0 Å². The summed E-state index contributed by atoms with van der Waals surface area (Å²) in [6.45, 7) is 6.42. The second-order valence-electron chi connectivity index (χ2n) is 5.28. The molecule has 1 aromatic rings. The highest BCUT2D eigenvalue weighted by Crippen LogP contribution is 2.07. The molecule has 0 N–H and O–H groups in total. The van der Waals surface area contributed by atoms with Crippen molar-refractivity contribution in [2.75, 3.05) is 31.6 Å². The van der Waals surface area contributed by atoms with Gasteiger partial charge in [-0.3, -0.25) is 9.59 Å². The molecule has 0 bridgehead atoms. The first-order valence-corrected chi connectivity index (χ1v) is 11.9. The van der Waals surface area contributed by atoms with E-state index in [9.17, 15) is 26.4 Å². The first kappa shape index (κ1) is 52.0. The topological polar surface area (TPSA) is 121 Å². The summed E-state index contributed by atoms with van der Waals surface area (Å²) in [5, 5.41) is 0. The molecule has 196 valence electrons. The third-order valence-electron chi connectivity index (χ3n) is 1.41. The van der Waals surface area contributed by atoms with Gasteiger partial charge in [-0.15, -0.1) is 0 Å². The molecule has 0 aromatic heterocycles. The Bertz CT molecular complexity index is 708. The van der Waals surface area contributed by atoms with Crippen LogP contribution in [0.1, 0.15) is 51.0 Å². The predicted octanol–water partition coefficient (Wildman–Crippen LogP) is 4.85. The average Bonchev–Trinajstić information content (AvgIpc) is 2.42. The fourth-order valence-electron chi connectivity index (χ4n) is 0.831. The van der Waals surface area contributed by atoms with Crippen LogP contribution in [0.3, 0.4) is 0 Å². The zero-order chi connectivity index (χ0) is 22.1. The van der Waals surface area contributed by atoms with E-state index >= 15 is 0 Å². The van der Waals surface area contributed by atoms with Gasteiger partial charge in [-0.05, 0) is 12.1 Å². The highest BCUT2D eigenvalue weighted by atomic mass is 32.2. The third kappa shape index (κ3) is 105. The molecule has 0 heterocycles. The van der Waals surface area contributed by atoms with Gasteiger partial charge in [0, 0.05) is 38.9 Å². The van der Waals surface area contributed by atoms with Gasteiger partial charge in [-0.1, -0.05) is 68.0 Å². The summed E-state index contributed by atoms with van der Waals surface area (Å²) in [5.74, 6) is 0.0427. The van der Waals surface area contributed by atoms with Crippen LogP contribution in [0.4, 0.5) is 0 Å². The predicted molar refractivity (Wildman–Crippen MR) is 140 cm³/mol. The fourth-order valence-corrected chi connectivity index (χ4v) is 0.831. The summed E-state index contributed by atoms with van der Waals surface area (Å²) in [5.41, 5.74) is 0. The van der Waals surface area contributed by atoms with E-state index in [1.165, 1.54) is 19.9 Å². The molecule has 8 nitrogen and oxygen atoms in total. The SMILES string of the molecule is C.C.C.C.C.C=CCOC(C)=O.CC(=O)Oc1ccccc1.CS(C)(=O)=O.CS(C)(=O)=O. The van der Waals surface area contributed by atoms with Crippen LogP contribution in [0.2, 0.25) is 0 Å². The van der Waals surface area contributed by atoms with E-state index in [1.54, 1.807) is 12.1 Å². The summed E-state index contributed by atoms with van der Waals surface area (Å²) in [4.78, 5) is 20.3. The maximum atomic E-state index is 10.4. The zero-order valence-electron chi connectivity index (χ0n) is 16.5. The lowest BCUT2D eigenvalue weighted by Gasteiger charge is -1.97. The monoisotopic (exact) mass is 504 g/mol. The van der Waals surface area contributed by atoms with Crippen LogP contribution in [-0.2, 0) is 34.0 Å². The molecule has 0 radical (unpaired) electrons. The average molecular weight is 505 g/mol. The van der Waals surface area contributed by atoms with Crippen molar-refractivity contribution in [3.8, 4) is 5.75 Å². The van der Waals surface area contributed by atoms with Gasteiger partial charge in [-0.2, -0.15) is 0 Å². The first-order chi connectivity index (χ1) is 12.1. The van der Waals surface area contributed by atoms with Crippen molar-refractivity contribution in [3.63, 3.8) is 0 Å². The summed E-state index contributed by atoms with van der Waals surface area (Å²) >= 11 is 0. The van der Waals surface area contributed by atoms with Crippen molar-refractivity contribution >= 4 is 31.6 Å². The Labute approximate surface area is 198 Å². The van der Waals surface area contributed by atoms with E-state index in [1.807, 2.05) is 18.2 Å². The Kier molecular flexibility index (Phi) is 46.8. The fraction of sp³-hybridized carbons (Fsp3) is 0.545. The molecule has 0 spiro atoms. The Hall–Kier alpha value is -2.20. The Balaban J connectivity index is -0.0000000396. The van der Waals surface area contributed by atoms with Gasteiger partial charge in [0.15, 0.2) is 0 Å². The molecule has 0 aliphatic rings. The molecule has 0 unspecified atom stereocenters. The highest BCUT2D eigenvalue weighted by molar-refractivity contribution is 7.90. The minimum absolute atomic E-state index is 0. The second kappa shape index (κ2) is 28.8. The van der Waals surface area contributed by atoms with Crippen LogP contribution in [0.25, 0.3) is 0 Å². The third-order valence-corrected chi connectivity index (χ3v) is 1.41. The summed E-state index contributed by atoms with van der Waals surface area (Å²) < 4.78 is 47.7. The maximum absolute atomic E-state index is 10.4. The van der Waals surface area contributed by atoms with Gasteiger partial charge >= 0.3 is 11.9 Å². The molecular formula is C22H48O8S2. The number of carbonyl (C=O) groups is 2. The van der Waals surface area contributed by atoms with Crippen molar-refractivity contribution in [2.24, 2.45) is 0 Å². The number of sulfone groups is 2. The van der Waals surface area contributed by atoms with Crippen LogP contribution in [-0.4, -0.2) is 60.4 Å². The van der Waals surface area contributed by atoms with Gasteiger partial charge < -0.3 is 9.47 Å². The van der Waals surface area contributed by atoms with Crippen molar-refractivity contribution in [3.05, 3.63) is 43.0 Å². The number of benzene rings is 1. The number of carbonyl (C=O) groups excluding carboxylic acids is 2. The molecule has 10 heteroatoms. The lowest BCUT2D eigenvalue weighted by molar-refractivity contribution is -0.139. The van der Waals surface area contributed by atoms with Gasteiger partial charge in [0.05, 0.1) is 0 Å². The number of para-hydroxylation sites is 1. The molecule has 0 fully saturated rings. The Morgan fingerprint density at radius 3 is 1.28 bits per heavy atom. The minimum Gasteiger partial charge on any atom is -0.462 e. The Morgan fingerprint density at radius 1 is 0.781 bits per heavy atom. The van der Waals surface area contributed by atoms with Crippen LogP contribution in [0, 0.1) is 0 Å². The van der Waals surface area contributed by atoms with E-state index in [0.29, 0.717) is 12.4 Å². The number of hydrogen-bond acceptors (Lipinski definition) is 8. The largest absolute Gasteiger partial charge is 0.462 e. The molecule has 0 aliphatic heterocycles. The smallest absolute Gasteiger partial charge is 0.308 e. The van der Waals surface area contributed by atoms with Crippen LogP contribution in [0.5, 0.6) is 5.75 Å².